The molecule has 0 aliphatic heterocycles. The summed E-state index contributed by atoms with van der Waals surface area (Å²) in [7, 11) is 4.76. The van der Waals surface area contributed by atoms with Gasteiger partial charge in [0.2, 0.25) is 0 Å². The van der Waals surface area contributed by atoms with Crippen molar-refractivity contribution in [2.75, 3.05) is 0 Å². The Morgan fingerprint density at radius 1 is 1.57 bits per heavy atom. The van der Waals surface area contributed by atoms with E-state index in [1.807, 2.05) is 0 Å². The molecule has 7 heavy (non-hydrogen) atoms. The second kappa shape index (κ2) is 10.0. The number of hydrogen-bond acceptors (Lipinski definition) is 0. The molecule has 0 heterocycles. The van der Waals surface area contributed by atoms with E-state index < -0.39 is 0 Å². The first-order valence-corrected chi connectivity index (χ1v) is 6.23. The molecule has 0 rings (SSSR count). The van der Waals surface area contributed by atoms with E-state index in [9.17, 15) is 0 Å². The van der Waals surface area contributed by atoms with Crippen molar-refractivity contribution in [1.29, 1.82) is 0 Å². The molecule has 0 aromatic heterocycles. The maximum atomic E-state index is 4.76. The predicted molar refractivity (Wildman–Crippen MR) is 30.7 cm³/mol. The summed E-state index contributed by atoms with van der Waals surface area (Å²) >= 11 is 0.847. The van der Waals surface area contributed by atoms with Gasteiger partial charge in [-0.25, -0.2) is 0 Å². The molecule has 0 aliphatic carbocycles. The van der Waals surface area contributed by atoms with Crippen molar-refractivity contribution in [1.82, 2.24) is 0 Å². The van der Waals surface area contributed by atoms with Crippen molar-refractivity contribution in [3.05, 3.63) is 6.92 Å². The Hall–Kier alpha value is 0.913. The van der Waals surface area contributed by atoms with Crippen LogP contribution in [0.25, 0.3) is 0 Å². The molecule has 0 radical (unpaired) electrons. The molecule has 0 saturated heterocycles. The maximum absolute atomic E-state index is 4.76. The molecular formula is C5H11ClZn. The normalized spacial score (nSPS) is 7.86. The van der Waals surface area contributed by atoms with Crippen LogP contribution in [0.1, 0.15) is 20.3 Å². The van der Waals surface area contributed by atoms with Crippen LogP contribution in [0.5, 0.6) is 0 Å². The summed E-state index contributed by atoms with van der Waals surface area (Å²) in [6.07, 6.45) is 1.06. The molecule has 0 unspecified atom stereocenters. The molecule has 0 amide bonds. The number of rotatable bonds is 1. The zero-order valence-corrected chi connectivity index (χ0v) is 8.80. The van der Waals surface area contributed by atoms with Crippen LogP contribution in [-0.4, -0.2) is 0 Å². The van der Waals surface area contributed by atoms with Crippen LogP contribution in [0.15, 0.2) is 0 Å². The van der Waals surface area contributed by atoms with Crippen molar-refractivity contribution in [2.24, 2.45) is 5.92 Å². The monoisotopic (exact) mass is 170 g/mol. The number of hydrogen-bond donors (Lipinski definition) is 0. The molecule has 2 heteroatoms. The van der Waals surface area contributed by atoms with Gasteiger partial charge >= 0.3 is 27.0 Å². The fourth-order valence-corrected chi connectivity index (χ4v) is 0. The second-order valence-electron chi connectivity index (χ2n) is 1.68. The summed E-state index contributed by atoms with van der Waals surface area (Å²) in [5.74, 6) is 0.773. The molecule has 0 saturated carbocycles. The SMILES string of the molecule is [CH2-]CC(C)C.[Cl][Zn+]. The van der Waals surface area contributed by atoms with E-state index >= 15 is 0 Å². The van der Waals surface area contributed by atoms with E-state index in [-0.39, 0.29) is 0 Å². The molecule has 0 fully saturated rings. The molecule has 0 aliphatic rings. The van der Waals surface area contributed by atoms with E-state index in [1.165, 1.54) is 0 Å². The Bertz CT molecular complexity index is 22.0. The molecule has 0 atom stereocenters. The van der Waals surface area contributed by atoms with Gasteiger partial charge in [-0.3, -0.25) is 0 Å². The summed E-state index contributed by atoms with van der Waals surface area (Å²) in [6.45, 7) is 8.00. The average molecular weight is 172 g/mol. The molecule has 0 aromatic rings. The average Bonchev–Trinajstić information content (AvgIpc) is 1.73. The Morgan fingerprint density at radius 2 is 1.71 bits per heavy atom. The fourth-order valence-electron chi connectivity index (χ4n) is 0. The summed E-state index contributed by atoms with van der Waals surface area (Å²) in [5.41, 5.74) is 0. The van der Waals surface area contributed by atoms with Crippen molar-refractivity contribution in [3.63, 3.8) is 0 Å². The molecular weight excluding hydrogens is 161 g/mol. The molecule has 0 spiro atoms. The van der Waals surface area contributed by atoms with Crippen molar-refractivity contribution in [2.45, 2.75) is 20.3 Å². The van der Waals surface area contributed by atoms with Crippen LogP contribution in [0, 0.1) is 12.8 Å². The van der Waals surface area contributed by atoms with Gasteiger partial charge in [0, 0.05) is 0 Å². The summed E-state index contributed by atoms with van der Waals surface area (Å²) < 4.78 is 0. The van der Waals surface area contributed by atoms with E-state index in [0.29, 0.717) is 0 Å². The minimum atomic E-state index is 0.773. The van der Waals surface area contributed by atoms with Crippen molar-refractivity contribution in [3.8, 4) is 0 Å². The second-order valence-corrected chi connectivity index (χ2v) is 1.68. The summed E-state index contributed by atoms with van der Waals surface area (Å²) in [4.78, 5) is 0. The third-order valence-corrected chi connectivity index (χ3v) is 0.577. The molecule has 0 bridgehead atoms. The van der Waals surface area contributed by atoms with E-state index in [0.717, 1.165) is 29.7 Å². The van der Waals surface area contributed by atoms with Crippen LogP contribution >= 0.6 is 9.69 Å². The predicted octanol–water partition coefficient (Wildman–Crippen LogP) is 2.55. The van der Waals surface area contributed by atoms with Crippen LogP contribution in [0.2, 0.25) is 0 Å². The molecule has 0 nitrogen and oxygen atoms in total. The van der Waals surface area contributed by atoms with E-state index in [4.69, 9.17) is 9.69 Å². The van der Waals surface area contributed by atoms with Crippen molar-refractivity contribution < 1.29 is 17.3 Å². The Balaban J connectivity index is 0. The Labute approximate surface area is 60.4 Å². The first-order chi connectivity index (χ1) is 3.27. The molecule has 40 valence electrons. The van der Waals surface area contributed by atoms with Crippen LogP contribution in [0.4, 0.5) is 0 Å². The Morgan fingerprint density at radius 3 is 1.71 bits per heavy atom. The molecule has 0 aromatic carbocycles. The zero-order valence-electron chi connectivity index (χ0n) is 5.08. The van der Waals surface area contributed by atoms with Gasteiger partial charge in [0.15, 0.2) is 0 Å². The minimum absolute atomic E-state index is 0.773. The number of halogens is 1. The first-order valence-electron chi connectivity index (χ1n) is 2.33. The third-order valence-electron chi connectivity index (χ3n) is 0.577. The van der Waals surface area contributed by atoms with Gasteiger partial charge in [-0.1, -0.05) is 19.8 Å². The van der Waals surface area contributed by atoms with Crippen LogP contribution in [-0.2, 0) is 17.3 Å². The third kappa shape index (κ3) is 19.7. The van der Waals surface area contributed by atoms with Gasteiger partial charge in [-0.05, 0) is 0 Å². The Kier molecular flexibility index (Phi) is 15.5. The van der Waals surface area contributed by atoms with Gasteiger partial charge in [0.05, 0.1) is 0 Å². The summed E-state index contributed by atoms with van der Waals surface area (Å²) in [6, 6.07) is 0. The zero-order chi connectivity index (χ0) is 6.28. The van der Waals surface area contributed by atoms with Gasteiger partial charge in [0.25, 0.3) is 0 Å². The standard InChI is InChI=1S/C5H11.ClH.Zn/c1-4-5(2)3;;/h5H,1,4H2,2-3H3;1H;/q-1;;+2/p-1. The van der Waals surface area contributed by atoms with Gasteiger partial charge < -0.3 is 6.92 Å². The van der Waals surface area contributed by atoms with Gasteiger partial charge in [-0.2, -0.15) is 6.42 Å². The fraction of sp³-hybridized carbons (Fsp3) is 0.800. The van der Waals surface area contributed by atoms with Gasteiger partial charge in [-0.15, -0.1) is 0 Å². The van der Waals surface area contributed by atoms with E-state index in [1.54, 1.807) is 0 Å². The van der Waals surface area contributed by atoms with Crippen LogP contribution < -0.4 is 0 Å². The topological polar surface area (TPSA) is 0 Å². The summed E-state index contributed by atoms with van der Waals surface area (Å²) in [5, 5.41) is 0. The van der Waals surface area contributed by atoms with E-state index in [2.05, 4.69) is 20.8 Å². The van der Waals surface area contributed by atoms with Crippen molar-refractivity contribution >= 4 is 9.69 Å². The molecule has 0 N–H and O–H groups in total. The van der Waals surface area contributed by atoms with Crippen LogP contribution in [0.3, 0.4) is 0 Å². The quantitative estimate of drug-likeness (QED) is 0.421. The van der Waals surface area contributed by atoms with Gasteiger partial charge in [0.1, 0.15) is 0 Å². The first kappa shape index (κ1) is 10.8.